The maximum absolute atomic E-state index is 12.0. The normalized spacial score (nSPS) is 11.3. The van der Waals surface area contributed by atoms with E-state index in [9.17, 15) is 13.2 Å². The van der Waals surface area contributed by atoms with Gasteiger partial charge in [0.05, 0.1) is 6.33 Å². The van der Waals surface area contributed by atoms with Gasteiger partial charge in [-0.1, -0.05) is 6.07 Å². The molecule has 2 aromatic heterocycles. The molecule has 0 aliphatic carbocycles. The molecule has 0 saturated carbocycles. The second-order valence-corrected chi connectivity index (χ2v) is 7.24. The van der Waals surface area contributed by atoms with Crippen LogP contribution in [0.2, 0.25) is 0 Å². The molecule has 1 aromatic carbocycles. The highest BCUT2D eigenvalue weighted by molar-refractivity contribution is 7.92. The fourth-order valence-electron chi connectivity index (χ4n) is 1.84. The molecule has 0 radical (unpaired) electrons. The highest BCUT2D eigenvalue weighted by Gasteiger charge is 2.19. The summed E-state index contributed by atoms with van der Waals surface area (Å²) in [4.78, 5) is 16.0. The minimum absolute atomic E-state index is 0.107. The maximum Gasteiger partial charge on any atom is 0.273 e. The number of thiophene rings is 1. The molecule has 1 amide bonds. The van der Waals surface area contributed by atoms with E-state index < -0.39 is 15.9 Å². The lowest BCUT2D eigenvalue weighted by Crippen LogP contribution is -2.30. The average Bonchev–Trinajstić information content (AvgIpc) is 3.20. The summed E-state index contributed by atoms with van der Waals surface area (Å²) >= 11 is 1.05. The van der Waals surface area contributed by atoms with Crippen LogP contribution in [0.1, 0.15) is 10.4 Å². The number of hydrogen-bond donors (Lipinski definition) is 1. The summed E-state index contributed by atoms with van der Waals surface area (Å²) in [5, 5.41) is 1.64. The van der Waals surface area contributed by atoms with Crippen molar-refractivity contribution in [1.82, 2.24) is 14.3 Å². The third-order valence-electron chi connectivity index (χ3n) is 2.92. The number of sulfonamides is 1. The zero-order valence-corrected chi connectivity index (χ0v) is 12.8. The van der Waals surface area contributed by atoms with Gasteiger partial charge in [-0.25, -0.2) is 18.1 Å². The van der Waals surface area contributed by atoms with Gasteiger partial charge in [0.25, 0.3) is 15.9 Å². The number of nitrogens with zero attached hydrogens (tertiary/aromatic N) is 2. The largest absolute Gasteiger partial charge is 0.306 e. The van der Waals surface area contributed by atoms with Crippen LogP contribution in [0.15, 0.2) is 64.7 Å². The third-order valence-corrected chi connectivity index (χ3v) is 5.65. The Morgan fingerprint density at radius 2 is 1.95 bits per heavy atom. The third kappa shape index (κ3) is 2.92. The Bertz CT molecular complexity index is 868. The molecule has 2 heterocycles. The number of imidazole rings is 1. The van der Waals surface area contributed by atoms with Crippen molar-refractivity contribution in [1.29, 1.82) is 0 Å². The zero-order chi connectivity index (χ0) is 15.6. The van der Waals surface area contributed by atoms with Gasteiger partial charge in [0, 0.05) is 23.6 Å². The first-order valence-electron chi connectivity index (χ1n) is 6.25. The van der Waals surface area contributed by atoms with Gasteiger partial charge >= 0.3 is 0 Å². The van der Waals surface area contributed by atoms with Gasteiger partial charge in [0.1, 0.15) is 4.21 Å². The topological polar surface area (TPSA) is 81.1 Å². The number of hydrogen-bond acceptors (Lipinski definition) is 5. The first kappa shape index (κ1) is 14.5. The van der Waals surface area contributed by atoms with Crippen molar-refractivity contribution in [3.63, 3.8) is 0 Å². The quantitative estimate of drug-likeness (QED) is 0.792. The Labute approximate surface area is 131 Å². The van der Waals surface area contributed by atoms with E-state index in [-0.39, 0.29) is 9.77 Å². The summed E-state index contributed by atoms with van der Waals surface area (Å²) in [6.45, 7) is 0. The first-order chi connectivity index (χ1) is 10.6. The number of carbonyl (C=O) groups is 1. The number of carbonyl (C=O) groups excluding carboxylic acids is 1. The van der Waals surface area contributed by atoms with Crippen LogP contribution in [0.25, 0.3) is 5.69 Å². The van der Waals surface area contributed by atoms with Gasteiger partial charge < -0.3 is 4.57 Å². The lowest BCUT2D eigenvalue weighted by atomic mass is 10.2. The zero-order valence-electron chi connectivity index (χ0n) is 11.2. The van der Waals surface area contributed by atoms with Crippen molar-refractivity contribution in [2.24, 2.45) is 0 Å². The summed E-state index contributed by atoms with van der Waals surface area (Å²) in [7, 11) is -3.81. The second-order valence-electron chi connectivity index (χ2n) is 4.38. The minimum atomic E-state index is -3.81. The highest BCUT2D eigenvalue weighted by Crippen LogP contribution is 2.16. The summed E-state index contributed by atoms with van der Waals surface area (Å²) in [6, 6.07) is 9.62. The monoisotopic (exact) mass is 333 g/mol. The Balaban J connectivity index is 1.78. The van der Waals surface area contributed by atoms with E-state index >= 15 is 0 Å². The molecule has 0 bridgehead atoms. The fourth-order valence-corrected chi connectivity index (χ4v) is 3.81. The Hall–Kier alpha value is -2.45. The van der Waals surface area contributed by atoms with Crippen molar-refractivity contribution >= 4 is 27.3 Å². The minimum Gasteiger partial charge on any atom is -0.306 e. The van der Waals surface area contributed by atoms with Crippen LogP contribution in [-0.4, -0.2) is 23.9 Å². The van der Waals surface area contributed by atoms with E-state index in [1.807, 2.05) is 0 Å². The summed E-state index contributed by atoms with van der Waals surface area (Å²) < 4.78 is 27.9. The Morgan fingerprint density at radius 1 is 1.18 bits per heavy atom. The molecule has 1 N–H and O–H groups in total. The van der Waals surface area contributed by atoms with Crippen LogP contribution in [-0.2, 0) is 10.0 Å². The Kier molecular flexibility index (Phi) is 3.78. The molecule has 0 atom stereocenters. The molecule has 0 saturated heterocycles. The lowest BCUT2D eigenvalue weighted by molar-refractivity contribution is 0.0981. The van der Waals surface area contributed by atoms with Crippen molar-refractivity contribution in [2.75, 3.05) is 0 Å². The van der Waals surface area contributed by atoms with E-state index in [0.29, 0.717) is 0 Å². The molecule has 8 heteroatoms. The molecule has 0 aliphatic heterocycles. The van der Waals surface area contributed by atoms with Crippen molar-refractivity contribution in [2.45, 2.75) is 4.21 Å². The molecule has 0 fully saturated rings. The van der Waals surface area contributed by atoms with Gasteiger partial charge in [-0.15, -0.1) is 11.3 Å². The van der Waals surface area contributed by atoms with Gasteiger partial charge in [-0.3, -0.25) is 4.79 Å². The summed E-state index contributed by atoms with van der Waals surface area (Å²) in [5.74, 6) is -0.661. The molecule has 0 unspecified atom stereocenters. The van der Waals surface area contributed by atoms with Crippen LogP contribution in [0.5, 0.6) is 0 Å². The van der Waals surface area contributed by atoms with Crippen LogP contribution < -0.4 is 4.72 Å². The standard InChI is InChI=1S/C14H11N3O3S2/c18-14(16-22(19,20)13-2-1-9-21-13)11-3-5-12(6-4-11)17-8-7-15-10-17/h1-10H,(H,16,18). The first-order valence-corrected chi connectivity index (χ1v) is 8.61. The van der Waals surface area contributed by atoms with Crippen LogP contribution >= 0.6 is 11.3 Å². The molecular formula is C14H11N3O3S2. The molecular weight excluding hydrogens is 322 g/mol. The van der Waals surface area contributed by atoms with Gasteiger partial charge in [0.2, 0.25) is 0 Å². The van der Waals surface area contributed by atoms with Gasteiger partial charge in [-0.05, 0) is 35.7 Å². The fraction of sp³-hybridized carbons (Fsp3) is 0. The van der Waals surface area contributed by atoms with E-state index in [1.54, 1.807) is 59.0 Å². The van der Waals surface area contributed by atoms with Crippen molar-refractivity contribution in [3.8, 4) is 5.69 Å². The number of aromatic nitrogens is 2. The van der Waals surface area contributed by atoms with Crippen LogP contribution in [0.3, 0.4) is 0 Å². The molecule has 0 aliphatic rings. The Morgan fingerprint density at radius 3 is 2.55 bits per heavy atom. The molecule has 0 spiro atoms. The van der Waals surface area contributed by atoms with Gasteiger partial charge in [0.15, 0.2) is 0 Å². The predicted molar refractivity (Wildman–Crippen MR) is 82.5 cm³/mol. The van der Waals surface area contributed by atoms with Crippen molar-refractivity contribution in [3.05, 3.63) is 66.1 Å². The van der Waals surface area contributed by atoms with Crippen molar-refractivity contribution < 1.29 is 13.2 Å². The SMILES string of the molecule is O=C(NS(=O)(=O)c1cccs1)c1ccc(-n2ccnc2)cc1. The van der Waals surface area contributed by atoms with E-state index in [0.717, 1.165) is 17.0 Å². The van der Waals surface area contributed by atoms with Gasteiger partial charge in [-0.2, -0.15) is 0 Å². The molecule has 6 nitrogen and oxygen atoms in total. The number of amides is 1. The molecule has 3 rings (SSSR count). The second kappa shape index (κ2) is 5.74. The predicted octanol–water partition coefficient (Wildman–Crippen LogP) is 2.05. The molecule has 22 heavy (non-hydrogen) atoms. The molecule has 112 valence electrons. The number of rotatable bonds is 4. The van der Waals surface area contributed by atoms with Crippen LogP contribution in [0, 0.1) is 0 Å². The van der Waals surface area contributed by atoms with E-state index in [1.165, 1.54) is 6.07 Å². The smallest absolute Gasteiger partial charge is 0.273 e. The van der Waals surface area contributed by atoms with E-state index in [2.05, 4.69) is 9.71 Å². The lowest BCUT2D eigenvalue weighted by Gasteiger charge is -2.06. The average molecular weight is 333 g/mol. The molecule has 3 aromatic rings. The van der Waals surface area contributed by atoms with Crippen LogP contribution in [0.4, 0.5) is 0 Å². The maximum atomic E-state index is 12.0. The number of nitrogens with one attached hydrogen (secondary N) is 1. The summed E-state index contributed by atoms with van der Waals surface area (Å²) in [6.07, 6.45) is 5.06. The highest BCUT2D eigenvalue weighted by atomic mass is 32.2. The number of benzene rings is 1. The van der Waals surface area contributed by atoms with E-state index in [4.69, 9.17) is 0 Å². The summed E-state index contributed by atoms with van der Waals surface area (Å²) in [5.41, 5.74) is 1.10.